The van der Waals surface area contributed by atoms with Crippen LogP contribution in [-0.4, -0.2) is 38.0 Å². The van der Waals surface area contributed by atoms with Crippen LogP contribution in [0.5, 0.6) is 17.2 Å². The molecular formula is C33H32N2O6S. The first-order valence-corrected chi connectivity index (χ1v) is 14.5. The van der Waals surface area contributed by atoms with E-state index in [1.54, 1.807) is 37.8 Å². The molecular weight excluding hydrogens is 552 g/mol. The molecule has 0 radical (unpaired) electrons. The number of esters is 1. The summed E-state index contributed by atoms with van der Waals surface area (Å²) in [6.45, 7) is 4.62. The van der Waals surface area contributed by atoms with E-state index in [1.807, 2.05) is 66.7 Å². The van der Waals surface area contributed by atoms with E-state index in [1.165, 1.54) is 11.3 Å². The van der Waals surface area contributed by atoms with E-state index in [0.29, 0.717) is 38.7 Å². The predicted octanol–water partition coefficient (Wildman–Crippen LogP) is 4.74. The molecule has 5 rings (SSSR count). The molecule has 8 nitrogen and oxygen atoms in total. The summed E-state index contributed by atoms with van der Waals surface area (Å²) in [5.74, 6) is 1.24. The van der Waals surface area contributed by atoms with Crippen molar-refractivity contribution in [2.24, 2.45) is 4.99 Å². The Hall–Kier alpha value is -4.63. The van der Waals surface area contributed by atoms with Crippen molar-refractivity contribution < 1.29 is 23.7 Å². The van der Waals surface area contributed by atoms with Crippen molar-refractivity contribution in [3.05, 3.63) is 115 Å². The van der Waals surface area contributed by atoms with Crippen LogP contribution >= 0.6 is 11.3 Å². The number of methoxy groups -OCH3 is 2. The molecule has 1 aliphatic rings. The second-order valence-corrected chi connectivity index (χ2v) is 10.5. The van der Waals surface area contributed by atoms with Crippen LogP contribution in [0, 0.1) is 0 Å². The Morgan fingerprint density at radius 3 is 2.38 bits per heavy atom. The fourth-order valence-corrected chi connectivity index (χ4v) is 5.81. The topological polar surface area (TPSA) is 88.3 Å². The minimum absolute atomic E-state index is 0.172. The molecule has 1 aromatic heterocycles. The van der Waals surface area contributed by atoms with Gasteiger partial charge in [-0.05, 0) is 54.8 Å². The van der Waals surface area contributed by atoms with Crippen LogP contribution in [0.4, 0.5) is 0 Å². The number of ether oxygens (including phenoxy) is 4. The summed E-state index contributed by atoms with van der Waals surface area (Å²) in [6.07, 6.45) is 2.75. The molecule has 4 aromatic rings. The molecule has 1 aliphatic heterocycles. The van der Waals surface area contributed by atoms with Crippen molar-refractivity contribution in [1.82, 2.24) is 4.57 Å². The number of fused-ring (bicyclic) bond motifs is 1. The largest absolute Gasteiger partial charge is 0.494 e. The van der Waals surface area contributed by atoms with Crippen LogP contribution in [-0.2, 0) is 9.53 Å². The van der Waals surface area contributed by atoms with E-state index >= 15 is 0 Å². The van der Waals surface area contributed by atoms with Crippen LogP contribution in [0.1, 0.15) is 43.0 Å². The molecule has 0 aliphatic carbocycles. The van der Waals surface area contributed by atoms with E-state index in [2.05, 4.69) is 6.92 Å². The summed E-state index contributed by atoms with van der Waals surface area (Å²) in [5, 5.41) is 0. The van der Waals surface area contributed by atoms with Crippen molar-refractivity contribution in [2.45, 2.75) is 26.3 Å². The standard InChI is InChI=1S/C33H32N2O6S/c1-5-18-41-24-15-12-21(13-16-24)19-27-31(36)35-30(23-14-17-25(38-3)26(20-23)39-4)28(32(37)40-6-2)29(34-33(35)42-27)22-10-8-7-9-11-22/h7-17,19-20,30H,5-6,18H2,1-4H3/b27-19-/t30-/m0/s1. The number of hydrogen-bond acceptors (Lipinski definition) is 8. The summed E-state index contributed by atoms with van der Waals surface area (Å²) in [5.41, 5.74) is 2.71. The molecule has 0 N–H and O–H groups in total. The van der Waals surface area contributed by atoms with Gasteiger partial charge < -0.3 is 18.9 Å². The average molecular weight is 585 g/mol. The van der Waals surface area contributed by atoms with Crippen molar-refractivity contribution in [2.75, 3.05) is 27.4 Å². The first-order chi connectivity index (χ1) is 20.5. The van der Waals surface area contributed by atoms with Gasteiger partial charge in [0.15, 0.2) is 16.3 Å². The SMILES string of the molecule is CCCOc1ccc(/C=c2\sc3n(c2=O)[C@@H](c2ccc(OC)c(OC)c2)C(C(=O)OCC)=C(c2ccccc2)N=3)cc1. The van der Waals surface area contributed by atoms with Gasteiger partial charge in [0.1, 0.15) is 5.75 Å². The van der Waals surface area contributed by atoms with Crippen LogP contribution in [0.25, 0.3) is 11.8 Å². The third kappa shape index (κ3) is 5.73. The lowest BCUT2D eigenvalue weighted by molar-refractivity contribution is -0.138. The van der Waals surface area contributed by atoms with Crippen LogP contribution in [0.15, 0.2) is 88.2 Å². The molecule has 0 spiro atoms. The fourth-order valence-electron chi connectivity index (χ4n) is 4.81. The minimum Gasteiger partial charge on any atom is -0.494 e. The third-order valence-corrected chi connectivity index (χ3v) is 7.73. The summed E-state index contributed by atoms with van der Waals surface area (Å²) in [6, 6.07) is 21.6. The molecule has 216 valence electrons. The van der Waals surface area contributed by atoms with Crippen molar-refractivity contribution in [3.8, 4) is 17.2 Å². The van der Waals surface area contributed by atoms with E-state index < -0.39 is 12.0 Å². The van der Waals surface area contributed by atoms with E-state index in [4.69, 9.17) is 23.9 Å². The first-order valence-electron chi connectivity index (χ1n) is 13.7. The maximum Gasteiger partial charge on any atom is 0.338 e. The first kappa shape index (κ1) is 28.9. The monoisotopic (exact) mass is 584 g/mol. The fraction of sp³-hybridized carbons (Fsp3) is 0.242. The molecule has 1 atom stereocenters. The number of hydrogen-bond donors (Lipinski definition) is 0. The van der Waals surface area contributed by atoms with E-state index in [9.17, 15) is 9.59 Å². The quantitative estimate of drug-likeness (QED) is 0.250. The van der Waals surface area contributed by atoms with Crippen molar-refractivity contribution >= 4 is 29.1 Å². The smallest absolute Gasteiger partial charge is 0.338 e. The number of carbonyl (C=O) groups excluding carboxylic acids is 1. The number of benzene rings is 3. The molecule has 42 heavy (non-hydrogen) atoms. The highest BCUT2D eigenvalue weighted by Gasteiger charge is 2.35. The molecule has 0 unspecified atom stereocenters. The Morgan fingerprint density at radius 1 is 0.976 bits per heavy atom. The Balaban J connectivity index is 1.76. The predicted molar refractivity (Wildman–Crippen MR) is 163 cm³/mol. The lowest BCUT2D eigenvalue weighted by atomic mass is 9.93. The van der Waals surface area contributed by atoms with Crippen molar-refractivity contribution in [3.63, 3.8) is 0 Å². The number of rotatable bonds is 10. The Labute approximate surface area is 247 Å². The maximum absolute atomic E-state index is 14.1. The molecule has 3 aromatic carbocycles. The highest BCUT2D eigenvalue weighted by molar-refractivity contribution is 7.07. The zero-order valence-electron chi connectivity index (χ0n) is 24.0. The highest BCUT2D eigenvalue weighted by atomic mass is 32.1. The van der Waals surface area contributed by atoms with E-state index in [0.717, 1.165) is 23.3 Å². The zero-order valence-corrected chi connectivity index (χ0v) is 24.8. The number of nitrogens with zero attached hydrogens (tertiary/aromatic N) is 2. The van der Waals surface area contributed by atoms with Crippen LogP contribution in [0.2, 0.25) is 0 Å². The van der Waals surface area contributed by atoms with Crippen LogP contribution in [0.3, 0.4) is 0 Å². The second-order valence-electron chi connectivity index (χ2n) is 9.46. The zero-order chi connectivity index (χ0) is 29.6. The molecule has 0 amide bonds. The Kier molecular flexibility index (Phi) is 8.88. The molecule has 0 bridgehead atoms. The van der Waals surface area contributed by atoms with Crippen LogP contribution < -0.4 is 29.1 Å². The number of aromatic nitrogens is 1. The van der Waals surface area contributed by atoms with Gasteiger partial charge in [0.2, 0.25) is 0 Å². The number of thiazole rings is 1. The van der Waals surface area contributed by atoms with Gasteiger partial charge in [0, 0.05) is 5.56 Å². The average Bonchev–Trinajstić information content (AvgIpc) is 3.34. The van der Waals surface area contributed by atoms with Gasteiger partial charge >= 0.3 is 5.97 Å². The third-order valence-electron chi connectivity index (χ3n) is 6.75. The van der Waals surface area contributed by atoms with Gasteiger partial charge in [-0.25, -0.2) is 9.79 Å². The van der Waals surface area contributed by atoms with E-state index in [-0.39, 0.29) is 17.7 Å². The summed E-state index contributed by atoms with van der Waals surface area (Å²) >= 11 is 1.27. The van der Waals surface area contributed by atoms with Gasteiger partial charge in [-0.2, -0.15) is 0 Å². The summed E-state index contributed by atoms with van der Waals surface area (Å²) < 4.78 is 24.3. The van der Waals surface area contributed by atoms with Gasteiger partial charge in [-0.15, -0.1) is 0 Å². The highest BCUT2D eigenvalue weighted by Crippen LogP contribution is 2.38. The Bertz CT molecular complexity index is 1790. The van der Waals surface area contributed by atoms with Gasteiger partial charge in [-0.1, -0.05) is 66.8 Å². The van der Waals surface area contributed by atoms with Gasteiger partial charge in [0.05, 0.1) is 49.3 Å². The molecule has 2 heterocycles. The van der Waals surface area contributed by atoms with Gasteiger partial charge in [0.25, 0.3) is 5.56 Å². The second kappa shape index (κ2) is 12.9. The van der Waals surface area contributed by atoms with Gasteiger partial charge in [-0.3, -0.25) is 9.36 Å². The van der Waals surface area contributed by atoms with Crippen molar-refractivity contribution in [1.29, 1.82) is 0 Å². The minimum atomic E-state index is -0.817. The lowest BCUT2D eigenvalue weighted by Crippen LogP contribution is -2.40. The molecule has 9 heteroatoms. The lowest BCUT2D eigenvalue weighted by Gasteiger charge is -2.26. The molecule has 0 saturated heterocycles. The maximum atomic E-state index is 14.1. The number of carbonyl (C=O) groups is 1. The normalized spacial score (nSPS) is 14.7. The Morgan fingerprint density at radius 2 is 1.71 bits per heavy atom. The summed E-state index contributed by atoms with van der Waals surface area (Å²) in [4.78, 5) is 33.1. The summed E-state index contributed by atoms with van der Waals surface area (Å²) in [7, 11) is 3.10. The molecule has 0 saturated carbocycles. The molecule has 0 fully saturated rings.